The average molecular weight is 325 g/mol. The third-order valence-electron chi connectivity index (χ3n) is 3.01. The minimum absolute atomic E-state index is 0.489. The van der Waals surface area contributed by atoms with Crippen molar-refractivity contribution in [3.05, 3.63) is 16.4 Å². The Balaban J connectivity index is 3.30. The van der Waals surface area contributed by atoms with Crippen LogP contribution in [-0.4, -0.2) is 34.3 Å². The normalized spacial score (nSPS) is 14.9. The van der Waals surface area contributed by atoms with E-state index < -0.39 is 20.7 Å². The van der Waals surface area contributed by atoms with Crippen LogP contribution in [-0.2, 0) is 16.4 Å². The van der Waals surface area contributed by atoms with Crippen LogP contribution in [0.25, 0.3) is 0 Å². The van der Waals surface area contributed by atoms with Crippen molar-refractivity contribution < 1.29 is 13.5 Å². The molecule has 5 nitrogen and oxygen atoms in total. The Labute approximate surface area is 110 Å². The van der Waals surface area contributed by atoms with E-state index in [0.29, 0.717) is 16.7 Å². The fourth-order valence-corrected chi connectivity index (χ4v) is 2.46. The van der Waals surface area contributed by atoms with Crippen LogP contribution in [0, 0.1) is 0 Å². The SMILES string of the molecule is CCn1ncc(Br)c1C(O)C(C)(C)S(C)(=O)=O. The van der Waals surface area contributed by atoms with Gasteiger partial charge in [-0.3, -0.25) is 4.68 Å². The number of halogens is 1. The molecule has 0 saturated carbocycles. The zero-order valence-corrected chi connectivity index (χ0v) is 12.7. The van der Waals surface area contributed by atoms with Crippen LogP contribution in [0.4, 0.5) is 0 Å². The zero-order chi connectivity index (χ0) is 13.4. The van der Waals surface area contributed by atoms with Crippen LogP contribution in [0.1, 0.15) is 32.6 Å². The van der Waals surface area contributed by atoms with Gasteiger partial charge >= 0.3 is 0 Å². The second-order valence-electron chi connectivity index (χ2n) is 4.47. The Morgan fingerprint density at radius 1 is 1.59 bits per heavy atom. The molecular formula is C10H17BrN2O3S. The second kappa shape index (κ2) is 4.70. The van der Waals surface area contributed by atoms with Crippen LogP contribution in [0.3, 0.4) is 0 Å². The Hall–Kier alpha value is -0.400. The summed E-state index contributed by atoms with van der Waals surface area (Å²) in [6.45, 7) is 5.46. The molecule has 1 unspecified atom stereocenters. The van der Waals surface area contributed by atoms with E-state index in [4.69, 9.17) is 0 Å². The molecule has 1 rings (SSSR count). The average Bonchev–Trinajstić information content (AvgIpc) is 2.56. The van der Waals surface area contributed by atoms with Crippen molar-refractivity contribution in [3.63, 3.8) is 0 Å². The van der Waals surface area contributed by atoms with Gasteiger partial charge in [0, 0.05) is 12.8 Å². The highest BCUT2D eigenvalue weighted by atomic mass is 79.9. The third kappa shape index (κ3) is 2.56. The molecule has 1 aromatic rings. The summed E-state index contributed by atoms with van der Waals surface area (Å²) in [5.74, 6) is 0. The van der Waals surface area contributed by atoms with E-state index in [2.05, 4.69) is 21.0 Å². The van der Waals surface area contributed by atoms with E-state index in [9.17, 15) is 13.5 Å². The molecular weight excluding hydrogens is 308 g/mol. The molecule has 0 fully saturated rings. The van der Waals surface area contributed by atoms with Crippen LogP contribution < -0.4 is 0 Å². The minimum atomic E-state index is -3.38. The molecule has 1 N–H and O–H groups in total. The summed E-state index contributed by atoms with van der Waals surface area (Å²) >= 11 is 3.28. The topological polar surface area (TPSA) is 72.2 Å². The van der Waals surface area contributed by atoms with Gasteiger partial charge in [-0.05, 0) is 36.7 Å². The minimum Gasteiger partial charge on any atom is -0.385 e. The maximum Gasteiger partial charge on any atom is 0.155 e. The first-order chi connectivity index (χ1) is 7.63. The van der Waals surface area contributed by atoms with Gasteiger partial charge in [0.05, 0.1) is 21.1 Å². The van der Waals surface area contributed by atoms with Crippen molar-refractivity contribution in [2.75, 3.05) is 6.26 Å². The lowest BCUT2D eigenvalue weighted by Crippen LogP contribution is -2.39. The maximum atomic E-state index is 11.7. The molecule has 0 spiro atoms. The van der Waals surface area contributed by atoms with Gasteiger partial charge in [0.1, 0.15) is 6.10 Å². The zero-order valence-electron chi connectivity index (χ0n) is 10.3. The van der Waals surface area contributed by atoms with Gasteiger partial charge in [0.2, 0.25) is 0 Å². The van der Waals surface area contributed by atoms with Crippen molar-refractivity contribution in [3.8, 4) is 0 Å². The monoisotopic (exact) mass is 324 g/mol. The Bertz CT molecular complexity index is 508. The van der Waals surface area contributed by atoms with E-state index in [1.165, 1.54) is 13.8 Å². The first-order valence-electron chi connectivity index (χ1n) is 5.21. The molecule has 0 aliphatic carbocycles. The smallest absolute Gasteiger partial charge is 0.155 e. The highest BCUT2D eigenvalue weighted by Gasteiger charge is 2.41. The second-order valence-corrected chi connectivity index (χ2v) is 7.92. The summed E-state index contributed by atoms with van der Waals surface area (Å²) in [6, 6.07) is 0. The summed E-state index contributed by atoms with van der Waals surface area (Å²) < 4.78 is 24.3. The highest BCUT2D eigenvalue weighted by molar-refractivity contribution is 9.10. The van der Waals surface area contributed by atoms with E-state index in [1.54, 1.807) is 10.9 Å². The predicted molar refractivity (Wildman–Crippen MR) is 69.5 cm³/mol. The number of aryl methyl sites for hydroxylation is 1. The molecule has 0 amide bonds. The van der Waals surface area contributed by atoms with Crippen LogP contribution in [0.15, 0.2) is 10.7 Å². The fraction of sp³-hybridized carbons (Fsp3) is 0.700. The Morgan fingerprint density at radius 2 is 2.12 bits per heavy atom. The van der Waals surface area contributed by atoms with E-state index in [1.807, 2.05) is 6.92 Å². The van der Waals surface area contributed by atoms with Crippen LogP contribution in [0.2, 0.25) is 0 Å². The van der Waals surface area contributed by atoms with Gasteiger partial charge in [-0.25, -0.2) is 8.42 Å². The van der Waals surface area contributed by atoms with E-state index >= 15 is 0 Å². The van der Waals surface area contributed by atoms with E-state index in [-0.39, 0.29) is 0 Å². The number of hydrogen-bond acceptors (Lipinski definition) is 4. The van der Waals surface area contributed by atoms with Gasteiger partial charge in [0.25, 0.3) is 0 Å². The summed E-state index contributed by atoms with van der Waals surface area (Å²) in [7, 11) is -3.38. The Kier molecular flexibility index (Phi) is 4.05. The molecule has 7 heteroatoms. The van der Waals surface area contributed by atoms with Gasteiger partial charge < -0.3 is 5.11 Å². The number of sulfone groups is 1. The third-order valence-corrected chi connectivity index (χ3v) is 5.75. The summed E-state index contributed by atoms with van der Waals surface area (Å²) in [5, 5.41) is 14.4. The summed E-state index contributed by atoms with van der Waals surface area (Å²) in [6.07, 6.45) is 1.55. The Morgan fingerprint density at radius 3 is 2.53 bits per heavy atom. The van der Waals surface area contributed by atoms with Gasteiger partial charge in [-0.1, -0.05) is 0 Å². The van der Waals surface area contributed by atoms with Gasteiger partial charge in [-0.15, -0.1) is 0 Å². The number of nitrogens with zero attached hydrogens (tertiary/aromatic N) is 2. The molecule has 17 heavy (non-hydrogen) atoms. The number of hydrogen-bond donors (Lipinski definition) is 1. The molecule has 0 radical (unpaired) electrons. The molecule has 1 heterocycles. The maximum absolute atomic E-state index is 11.7. The van der Waals surface area contributed by atoms with Crippen molar-refractivity contribution in [1.29, 1.82) is 0 Å². The molecule has 0 aromatic carbocycles. The molecule has 98 valence electrons. The van der Waals surface area contributed by atoms with Crippen LogP contribution >= 0.6 is 15.9 Å². The molecule has 0 aliphatic rings. The van der Waals surface area contributed by atoms with Crippen molar-refractivity contribution in [1.82, 2.24) is 9.78 Å². The number of rotatable bonds is 4. The number of aliphatic hydroxyl groups excluding tert-OH is 1. The molecule has 0 bridgehead atoms. The number of aromatic nitrogens is 2. The first-order valence-corrected chi connectivity index (χ1v) is 7.90. The van der Waals surface area contributed by atoms with Crippen molar-refractivity contribution >= 4 is 25.8 Å². The fourth-order valence-electron chi connectivity index (χ4n) is 1.43. The van der Waals surface area contributed by atoms with Crippen molar-refractivity contribution in [2.24, 2.45) is 0 Å². The number of aliphatic hydroxyl groups is 1. The largest absolute Gasteiger partial charge is 0.385 e. The van der Waals surface area contributed by atoms with Gasteiger partial charge in [0.15, 0.2) is 9.84 Å². The predicted octanol–water partition coefficient (Wildman–Crippen LogP) is 1.52. The van der Waals surface area contributed by atoms with Gasteiger partial charge in [-0.2, -0.15) is 5.10 Å². The van der Waals surface area contributed by atoms with Crippen LogP contribution in [0.5, 0.6) is 0 Å². The standard InChI is InChI=1S/C10H17BrN2O3S/c1-5-13-8(7(11)6-12-13)9(14)10(2,3)17(4,15)16/h6,9,14H,5H2,1-4H3. The van der Waals surface area contributed by atoms with E-state index in [0.717, 1.165) is 6.26 Å². The van der Waals surface area contributed by atoms with Crippen molar-refractivity contribution in [2.45, 2.75) is 38.2 Å². The molecule has 1 atom stereocenters. The lowest BCUT2D eigenvalue weighted by molar-refractivity contribution is 0.128. The first kappa shape index (κ1) is 14.7. The summed E-state index contributed by atoms with van der Waals surface area (Å²) in [4.78, 5) is 0. The summed E-state index contributed by atoms with van der Waals surface area (Å²) in [5.41, 5.74) is 0.489. The molecule has 0 saturated heterocycles. The lowest BCUT2D eigenvalue weighted by Gasteiger charge is -2.29. The quantitative estimate of drug-likeness (QED) is 0.911. The molecule has 0 aliphatic heterocycles. The lowest BCUT2D eigenvalue weighted by atomic mass is 10.0. The highest BCUT2D eigenvalue weighted by Crippen LogP contribution is 2.35. The molecule has 1 aromatic heterocycles.